The summed E-state index contributed by atoms with van der Waals surface area (Å²) in [7, 11) is 0. The monoisotopic (exact) mass is 626 g/mol. The molecule has 0 rings (SSSR count). The average Bonchev–Trinajstić information content (AvgIpc) is 3.00. The van der Waals surface area contributed by atoms with E-state index in [1.165, 1.54) is 77.0 Å². The van der Waals surface area contributed by atoms with Crippen LogP contribution in [0.15, 0.2) is 0 Å². The Kier molecular flexibility index (Phi) is 31.0. The van der Waals surface area contributed by atoms with Gasteiger partial charge in [0, 0.05) is 19.4 Å². The number of nitrogens with zero attached hydrogens (tertiary/aromatic N) is 1. The molecule has 6 heteroatoms. The number of hydrogen-bond acceptors (Lipinski definition) is 6. The maximum atomic E-state index is 12.1. The zero-order valence-electron chi connectivity index (χ0n) is 29.9. The van der Waals surface area contributed by atoms with Gasteiger partial charge in [-0.2, -0.15) is 0 Å². The van der Waals surface area contributed by atoms with Crippen molar-refractivity contribution in [1.29, 1.82) is 0 Å². The van der Waals surface area contributed by atoms with Crippen molar-refractivity contribution in [2.24, 2.45) is 5.41 Å². The van der Waals surface area contributed by atoms with Crippen molar-refractivity contribution in [1.82, 2.24) is 4.90 Å². The SMILES string of the molecule is CCCCCCCCCOC(=O)CCCCCCCN(CCO)CCCCCC(C)(C)COC(=O)CCCCCCCCC. The molecule has 0 aromatic heterocycles. The first kappa shape index (κ1) is 42.9. The summed E-state index contributed by atoms with van der Waals surface area (Å²) in [5.74, 6) is -0.0730. The van der Waals surface area contributed by atoms with E-state index >= 15 is 0 Å². The van der Waals surface area contributed by atoms with Crippen molar-refractivity contribution >= 4 is 11.9 Å². The molecule has 0 radical (unpaired) electrons. The molecule has 0 amide bonds. The summed E-state index contributed by atoms with van der Waals surface area (Å²) in [6, 6.07) is 0. The molecule has 0 atom stereocenters. The third-order valence-corrected chi connectivity index (χ3v) is 8.72. The lowest BCUT2D eigenvalue weighted by Crippen LogP contribution is -2.29. The minimum Gasteiger partial charge on any atom is -0.466 e. The highest BCUT2D eigenvalue weighted by Gasteiger charge is 2.20. The van der Waals surface area contributed by atoms with E-state index in [0.29, 0.717) is 26.1 Å². The first-order valence-electron chi connectivity index (χ1n) is 19.0. The van der Waals surface area contributed by atoms with Crippen LogP contribution in [0.1, 0.15) is 188 Å². The number of aliphatic hydroxyl groups excluding tert-OH is 1. The summed E-state index contributed by atoms with van der Waals surface area (Å²) in [5, 5.41) is 9.49. The standard InChI is InChI=1S/C38H75NO5/c1-5-7-9-11-13-16-22-28-37(42)44-35-38(3,4)29-23-20-25-31-39(32-33-40)30-24-18-15-17-21-27-36(41)43-34-26-19-14-12-10-8-6-2/h40H,5-35H2,1-4H3. The van der Waals surface area contributed by atoms with E-state index in [0.717, 1.165) is 90.3 Å². The van der Waals surface area contributed by atoms with E-state index in [2.05, 4.69) is 32.6 Å². The smallest absolute Gasteiger partial charge is 0.305 e. The van der Waals surface area contributed by atoms with Crippen molar-refractivity contribution in [3.05, 3.63) is 0 Å². The summed E-state index contributed by atoms with van der Waals surface area (Å²) in [6.07, 6.45) is 28.2. The molecule has 0 unspecified atom stereocenters. The summed E-state index contributed by atoms with van der Waals surface area (Å²) in [5.41, 5.74) is 0.0187. The van der Waals surface area contributed by atoms with Crippen molar-refractivity contribution < 1.29 is 24.2 Å². The molecule has 0 bridgehead atoms. The molecule has 0 heterocycles. The quantitative estimate of drug-likeness (QED) is 0.0566. The summed E-state index contributed by atoms with van der Waals surface area (Å²) in [4.78, 5) is 26.5. The normalized spacial score (nSPS) is 11.8. The highest BCUT2D eigenvalue weighted by Crippen LogP contribution is 2.24. The number of rotatable bonds is 34. The largest absolute Gasteiger partial charge is 0.466 e. The molecular formula is C38H75NO5. The van der Waals surface area contributed by atoms with Gasteiger partial charge >= 0.3 is 11.9 Å². The van der Waals surface area contributed by atoms with Crippen LogP contribution in [0, 0.1) is 5.41 Å². The van der Waals surface area contributed by atoms with Gasteiger partial charge in [0.25, 0.3) is 0 Å². The maximum absolute atomic E-state index is 12.1. The third-order valence-electron chi connectivity index (χ3n) is 8.72. The van der Waals surface area contributed by atoms with Crippen LogP contribution in [-0.4, -0.2) is 61.4 Å². The van der Waals surface area contributed by atoms with Crippen molar-refractivity contribution in [3.8, 4) is 0 Å². The molecule has 0 spiro atoms. The van der Waals surface area contributed by atoms with E-state index in [4.69, 9.17) is 9.47 Å². The first-order valence-corrected chi connectivity index (χ1v) is 19.0. The van der Waals surface area contributed by atoms with Gasteiger partial charge in [0.2, 0.25) is 0 Å². The van der Waals surface area contributed by atoms with E-state index in [9.17, 15) is 14.7 Å². The molecule has 0 saturated carbocycles. The molecule has 1 N–H and O–H groups in total. The molecule has 44 heavy (non-hydrogen) atoms. The second kappa shape index (κ2) is 31.8. The number of carbonyl (C=O) groups excluding carboxylic acids is 2. The zero-order valence-corrected chi connectivity index (χ0v) is 29.9. The lowest BCUT2D eigenvalue weighted by molar-refractivity contribution is -0.147. The Bertz CT molecular complexity index is 639. The van der Waals surface area contributed by atoms with Gasteiger partial charge in [0.05, 0.1) is 19.8 Å². The summed E-state index contributed by atoms with van der Waals surface area (Å²) < 4.78 is 11.0. The molecular weight excluding hydrogens is 550 g/mol. The Hall–Kier alpha value is -1.14. The lowest BCUT2D eigenvalue weighted by Gasteiger charge is -2.25. The lowest BCUT2D eigenvalue weighted by atomic mass is 9.88. The van der Waals surface area contributed by atoms with Gasteiger partial charge in [-0.1, -0.05) is 137 Å². The predicted octanol–water partition coefficient (Wildman–Crippen LogP) is 10.2. The van der Waals surface area contributed by atoms with Crippen molar-refractivity contribution in [3.63, 3.8) is 0 Å². The van der Waals surface area contributed by atoms with Crippen LogP contribution >= 0.6 is 0 Å². The van der Waals surface area contributed by atoms with Crippen LogP contribution in [0.3, 0.4) is 0 Å². The average molecular weight is 626 g/mol. The van der Waals surface area contributed by atoms with Crippen molar-refractivity contribution in [2.75, 3.05) is 39.5 Å². The third kappa shape index (κ3) is 30.9. The number of esters is 2. The van der Waals surface area contributed by atoms with E-state index in [1.807, 2.05) is 0 Å². The first-order chi connectivity index (χ1) is 21.3. The van der Waals surface area contributed by atoms with Crippen molar-refractivity contribution in [2.45, 2.75) is 188 Å². The van der Waals surface area contributed by atoms with Gasteiger partial charge in [-0.3, -0.25) is 9.59 Å². The summed E-state index contributed by atoms with van der Waals surface area (Å²) >= 11 is 0. The summed E-state index contributed by atoms with van der Waals surface area (Å²) in [6.45, 7) is 13.0. The molecule has 0 fully saturated rings. The second-order valence-electron chi connectivity index (χ2n) is 13.9. The van der Waals surface area contributed by atoms with Crippen LogP contribution in [0.25, 0.3) is 0 Å². The van der Waals surface area contributed by atoms with E-state index < -0.39 is 0 Å². The molecule has 0 aromatic carbocycles. The highest BCUT2D eigenvalue weighted by molar-refractivity contribution is 5.69. The minimum absolute atomic E-state index is 0.0187. The Labute approximate surface area is 273 Å². The number of aliphatic hydroxyl groups is 1. The maximum Gasteiger partial charge on any atom is 0.305 e. The molecule has 262 valence electrons. The Morgan fingerprint density at radius 1 is 0.545 bits per heavy atom. The molecule has 0 saturated heterocycles. The number of carbonyl (C=O) groups is 2. The van der Waals surface area contributed by atoms with E-state index in [1.54, 1.807) is 0 Å². The molecule has 0 aliphatic rings. The van der Waals surface area contributed by atoms with Gasteiger partial charge in [0.15, 0.2) is 0 Å². The molecule has 0 aliphatic heterocycles. The molecule has 6 nitrogen and oxygen atoms in total. The van der Waals surface area contributed by atoms with Crippen LogP contribution in [0.5, 0.6) is 0 Å². The number of hydrogen-bond donors (Lipinski definition) is 1. The Morgan fingerprint density at radius 2 is 0.977 bits per heavy atom. The topological polar surface area (TPSA) is 76.1 Å². The Balaban J connectivity index is 3.76. The fourth-order valence-electron chi connectivity index (χ4n) is 5.69. The van der Waals surface area contributed by atoms with Gasteiger partial charge in [-0.05, 0) is 57.0 Å². The van der Waals surface area contributed by atoms with Gasteiger partial charge in [-0.25, -0.2) is 0 Å². The van der Waals surface area contributed by atoms with Crippen LogP contribution in [0.2, 0.25) is 0 Å². The Morgan fingerprint density at radius 3 is 1.50 bits per heavy atom. The zero-order chi connectivity index (χ0) is 32.6. The van der Waals surface area contributed by atoms with Gasteiger partial charge in [-0.15, -0.1) is 0 Å². The van der Waals surface area contributed by atoms with Gasteiger partial charge < -0.3 is 19.5 Å². The fraction of sp³-hybridized carbons (Fsp3) is 0.947. The second-order valence-corrected chi connectivity index (χ2v) is 13.9. The van der Waals surface area contributed by atoms with Crippen LogP contribution < -0.4 is 0 Å². The fourth-order valence-corrected chi connectivity index (χ4v) is 5.69. The highest BCUT2D eigenvalue weighted by atomic mass is 16.5. The van der Waals surface area contributed by atoms with Crippen LogP contribution in [0.4, 0.5) is 0 Å². The minimum atomic E-state index is -0.0390. The van der Waals surface area contributed by atoms with Gasteiger partial charge in [0.1, 0.15) is 0 Å². The van der Waals surface area contributed by atoms with Crippen LogP contribution in [-0.2, 0) is 19.1 Å². The van der Waals surface area contributed by atoms with E-state index in [-0.39, 0.29) is 24.0 Å². The number of unbranched alkanes of at least 4 members (excludes halogenated alkanes) is 18. The molecule has 0 aliphatic carbocycles. The predicted molar refractivity (Wildman–Crippen MR) is 186 cm³/mol. The molecule has 0 aromatic rings. The number of ether oxygens (including phenoxy) is 2.